The number of halogens is 5. The van der Waals surface area contributed by atoms with Crippen LogP contribution in [0, 0.1) is 40.2 Å². The lowest BCUT2D eigenvalue weighted by Gasteiger charge is -2.16. The fraction of sp³-hybridized carbons (Fsp3) is 0.222. The Kier molecular flexibility index (Phi) is 6.31. The Morgan fingerprint density at radius 2 is 1.46 bits per heavy atom. The summed E-state index contributed by atoms with van der Waals surface area (Å²) in [5, 5.41) is 20.2. The van der Waals surface area contributed by atoms with Crippen LogP contribution in [0.2, 0.25) is 15.1 Å². The van der Waals surface area contributed by atoms with Crippen LogP contribution >= 0.6 is 34.8 Å². The van der Waals surface area contributed by atoms with E-state index in [1.807, 2.05) is 13.8 Å². The van der Waals surface area contributed by atoms with Crippen molar-refractivity contribution >= 4 is 46.2 Å². The van der Waals surface area contributed by atoms with Gasteiger partial charge in [-0.05, 0) is 30.0 Å². The van der Waals surface area contributed by atoms with Gasteiger partial charge in [0.25, 0.3) is 0 Å². The molecule has 0 amide bonds. The topological polar surface area (TPSA) is 59.6 Å². The molecular formula is C18H12Cl3F2N3. The van der Waals surface area contributed by atoms with Gasteiger partial charge in [-0.15, -0.1) is 0 Å². The van der Waals surface area contributed by atoms with Gasteiger partial charge in [-0.1, -0.05) is 48.7 Å². The van der Waals surface area contributed by atoms with Gasteiger partial charge in [0.05, 0.1) is 31.9 Å². The summed E-state index contributed by atoms with van der Waals surface area (Å²) in [4.78, 5) is 0. The maximum Gasteiger partial charge on any atom is 0.149 e. The summed E-state index contributed by atoms with van der Waals surface area (Å²) in [5.74, 6) is -1.47. The number of nitrogens with zero attached hydrogens (tertiary/aromatic N) is 2. The van der Waals surface area contributed by atoms with Gasteiger partial charge < -0.3 is 5.32 Å². The van der Waals surface area contributed by atoms with Crippen LogP contribution in [0.4, 0.5) is 20.2 Å². The van der Waals surface area contributed by atoms with E-state index in [9.17, 15) is 14.0 Å². The zero-order valence-corrected chi connectivity index (χ0v) is 16.0. The van der Waals surface area contributed by atoms with Crippen molar-refractivity contribution < 1.29 is 8.78 Å². The van der Waals surface area contributed by atoms with Crippen molar-refractivity contribution in [1.29, 1.82) is 10.5 Å². The van der Waals surface area contributed by atoms with Crippen molar-refractivity contribution in [2.24, 2.45) is 5.92 Å². The van der Waals surface area contributed by atoms with Crippen LogP contribution < -0.4 is 5.32 Å². The van der Waals surface area contributed by atoms with E-state index in [-0.39, 0.29) is 37.8 Å². The normalized spacial score (nSPS) is 10.5. The van der Waals surface area contributed by atoms with Gasteiger partial charge in [-0.2, -0.15) is 10.5 Å². The summed E-state index contributed by atoms with van der Waals surface area (Å²) < 4.78 is 28.8. The van der Waals surface area contributed by atoms with E-state index in [0.29, 0.717) is 12.0 Å². The molecule has 0 unspecified atom stereocenters. The number of nitrogens with one attached hydrogen (secondary N) is 1. The molecule has 3 nitrogen and oxygen atoms in total. The minimum Gasteiger partial charge on any atom is -0.348 e. The average Bonchev–Trinajstić information content (AvgIpc) is 2.55. The Labute approximate surface area is 164 Å². The average molecular weight is 415 g/mol. The second-order valence-corrected chi connectivity index (χ2v) is 7.08. The number of nitriles is 2. The molecule has 0 saturated heterocycles. The van der Waals surface area contributed by atoms with E-state index >= 15 is 0 Å². The van der Waals surface area contributed by atoms with Crippen molar-refractivity contribution in [2.75, 3.05) is 5.32 Å². The van der Waals surface area contributed by atoms with Crippen molar-refractivity contribution in [3.8, 4) is 12.1 Å². The van der Waals surface area contributed by atoms with Gasteiger partial charge in [0.1, 0.15) is 29.5 Å². The first-order chi connectivity index (χ1) is 12.2. The fourth-order valence-electron chi connectivity index (χ4n) is 2.44. The lowest BCUT2D eigenvalue weighted by molar-refractivity contribution is 0.578. The van der Waals surface area contributed by atoms with Crippen molar-refractivity contribution in [2.45, 2.75) is 20.3 Å². The third-order valence-corrected chi connectivity index (χ3v) is 4.77. The van der Waals surface area contributed by atoms with Crippen LogP contribution in [0.15, 0.2) is 12.1 Å². The zero-order valence-electron chi connectivity index (χ0n) is 13.7. The molecule has 1 N–H and O–H groups in total. The molecule has 2 aromatic carbocycles. The number of benzene rings is 2. The Bertz CT molecular complexity index is 937. The van der Waals surface area contributed by atoms with E-state index in [0.717, 1.165) is 0 Å². The molecule has 0 heterocycles. The molecule has 0 fully saturated rings. The molecule has 0 atom stereocenters. The summed E-state index contributed by atoms with van der Waals surface area (Å²) in [6, 6.07) is 5.93. The molecule has 134 valence electrons. The van der Waals surface area contributed by atoms with Crippen molar-refractivity contribution in [3.63, 3.8) is 0 Å². The quantitative estimate of drug-likeness (QED) is 0.573. The molecule has 0 aliphatic rings. The Morgan fingerprint density at radius 1 is 0.923 bits per heavy atom. The summed E-state index contributed by atoms with van der Waals surface area (Å²) in [6.45, 7) is 3.86. The standard InChI is InChI=1S/C18H12Cl3F2N3/c1-8(2)3-9-4-12(22)18(13(23)5-9)26-17-11(7-25)14(19)10(6-24)15(20)16(17)21/h4-5,8,26H,3H2,1-2H3. The van der Waals surface area contributed by atoms with E-state index in [1.165, 1.54) is 12.1 Å². The van der Waals surface area contributed by atoms with E-state index in [2.05, 4.69) is 5.32 Å². The number of hydrogen-bond acceptors (Lipinski definition) is 3. The molecule has 0 bridgehead atoms. The van der Waals surface area contributed by atoms with Crippen LogP contribution in [0.1, 0.15) is 30.5 Å². The molecule has 0 aliphatic heterocycles. The van der Waals surface area contributed by atoms with Gasteiger partial charge in [-0.3, -0.25) is 0 Å². The van der Waals surface area contributed by atoms with Gasteiger partial charge >= 0.3 is 0 Å². The number of anilines is 2. The number of hydrogen-bond donors (Lipinski definition) is 1. The summed E-state index contributed by atoms with van der Waals surface area (Å²) in [6.07, 6.45) is 0.507. The maximum absolute atomic E-state index is 14.4. The number of rotatable bonds is 4. The predicted molar refractivity (Wildman–Crippen MR) is 99.1 cm³/mol. The minimum absolute atomic E-state index is 0.169. The first-order valence-electron chi connectivity index (χ1n) is 7.46. The molecule has 0 aliphatic carbocycles. The van der Waals surface area contributed by atoms with Crippen LogP contribution in [0.25, 0.3) is 0 Å². The smallest absolute Gasteiger partial charge is 0.149 e. The Morgan fingerprint density at radius 3 is 1.92 bits per heavy atom. The SMILES string of the molecule is CC(C)Cc1cc(F)c(Nc2c(Cl)c(Cl)c(C#N)c(Cl)c2C#N)c(F)c1. The highest BCUT2D eigenvalue weighted by atomic mass is 35.5. The van der Waals surface area contributed by atoms with Crippen molar-refractivity contribution in [3.05, 3.63) is 55.5 Å². The summed E-state index contributed by atoms with van der Waals surface area (Å²) in [5.41, 5.74) is -0.579. The van der Waals surface area contributed by atoms with Gasteiger partial charge in [0.15, 0.2) is 0 Å². The van der Waals surface area contributed by atoms with Crippen LogP contribution in [0.5, 0.6) is 0 Å². The molecule has 0 aromatic heterocycles. The largest absolute Gasteiger partial charge is 0.348 e. The molecule has 0 radical (unpaired) electrons. The summed E-state index contributed by atoms with van der Waals surface area (Å²) >= 11 is 18.1. The van der Waals surface area contributed by atoms with Gasteiger partial charge in [0, 0.05) is 0 Å². The fourth-order valence-corrected chi connectivity index (χ4v) is 3.23. The zero-order chi connectivity index (χ0) is 19.6. The lowest BCUT2D eigenvalue weighted by Crippen LogP contribution is -2.04. The monoisotopic (exact) mass is 413 g/mol. The molecule has 0 spiro atoms. The molecule has 26 heavy (non-hydrogen) atoms. The molecule has 8 heteroatoms. The van der Waals surface area contributed by atoms with Crippen LogP contribution in [0.3, 0.4) is 0 Å². The molecule has 2 aromatic rings. The highest BCUT2D eigenvalue weighted by Gasteiger charge is 2.23. The second kappa shape index (κ2) is 8.10. The lowest BCUT2D eigenvalue weighted by atomic mass is 10.0. The maximum atomic E-state index is 14.4. The molecular weight excluding hydrogens is 403 g/mol. The summed E-state index contributed by atoms with van der Waals surface area (Å²) in [7, 11) is 0. The van der Waals surface area contributed by atoms with E-state index in [1.54, 1.807) is 12.1 Å². The Hall–Kier alpha value is -2.05. The first kappa shape index (κ1) is 20.3. The third kappa shape index (κ3) is 3.86. The third-order valence-electron chi connectivity index (χ3n) is 3.54. The van der Waals surface area contributed by atoms with E-state index in [4.69, 9.17) is 40.1 Å². The first-order valence-corrected chi connectivity index (χ1v) is 8.60. The highest BCUT2D eigenvalue weighted by molar-refractivity contribution is 6.46. The predicted octanol–water partition coefficient (Wildman–Crippen LogP) is 6.61. The second-order valence-electron chi connectivity index (χ2n) is 5.95. The van der Waals surface area contributed by atoms with Gasteiger partial charge in [-0.25, -0.2) is 8.78 Å². The molecule has 0 saturated carbocycles. The van der Waals surface area contributed by atoms with Crippen LogP contribution in [-0.2, 0) is 6.42 Å². The van der Waals surface area contributed by atoms with Crippen molar-refractivity contribution in [1.82, 2.24) is 0 Å². The van der Waals surface area contributed by atoms with Crippen LogP contribution in [-0.4, -0.2) is 0 Å². The van der Waals surface area contributed by atoms with Gasteiger partial charge in [0.2, 0.25) is 0 Å². The Balaban J connectivity index is 2.60. The van der Waals surface area contributed by atoms with E-state index < -0.39 is 17.3 Å². The minimum atomic E-state index is -0.850. The highest BCUT2D eigenvalue weighted by Crippen LogP contribution is 2.43. The molecule has 2 rings (SSSR count).